The van der Waals surface area contributed by atoms with E-state index in [-0.39, 0.29) is 24.5 Å². The number of amides is 1. The molecule has 1 heterocycles. The van der Waals surface area contributed by atoms with E-state index in [2.05, 4.69) is 12.2 Å². The maximum atomic E-state index is 12.0. The second-order valence-corrected chi connectivity index (χ2v) is 7.00. The van der Waals surface area contributed by atoms with Crippen molar-refractivity contribution in [2.24, 2.45) is 5.92 Å². The molecule has 1 aliphatic carbocycles. The first kappa shape index (κ1) is 16.0. The van der Waals surface area contributed by atoms with Gasteiger partial charge in [-0.05, 0) is 50.2 Å². The monoisotopic (exact) mass is 309 g/mol. The van der Waals surface area contributed by atoms with Gasteiger partial charge in [0.2, 0.25) is 0 Å². The van der Waals surface area contributed by atoms with Gasteiger partial charge < -0.3 is 10.1 Å². The number of rotatable bonds is 5. The summed E-state index contributed by atoms with van der Waals surface area (Å²) in [4.78, 5) is 25.5. The van der Waals surface area contributed by atoms with Gasteiger partial charge in [0.05, 0.1) is 0 Å². The Morgan fingerprint density at radius 3 is 3.00 bits per heavy atom. The zero-order valence-corrected chi connectivity index (χ0v) is 13.7. The topological polar surface area (TPSA) is 55.4 Å². The molecule has 0 spiro atoms. The third-order valence-electron chi connectivity index (χ3n) is 3.88. The summed E-state index contributed by atoms with van der Waals surface area (Å²) in [6.45, 7) is 5.95. The summed E-state index contributed by atoms with van der Waals surface area (Å²) in [7, 11) is 0. The number of esters is 1. The van der Waals surface area contributed by atoms with Crippen LogP contribution < -0.4 is 5.32 Å². The summed E-state index contributed by atoms with van der Waals surface area (Å²) in [5, 5.41) is 2.78. The SMILES string of the molecule is CC[C@@H](C)NC(=O)COC(=O)c1cc2c(s1)CC[C@@H](C)C2. The Balaban J connectivity index is 1.88. The summed E-state index contributed by atoms with van der Waals surface area (Å²) in [5.74, 6) is 0.0475. The van der Waals surface area contributed by atoms with Crippen molar-refractivity contribution in [1.29, 1.82) is 0 Å². The third kappa shape index (κ3) is 4.30. The highest BCUT2D eigenvalue weighted by molar-refractivity contribution is 7.14. The molecule has 0 unspecified atom stereocenters. The van der Waals surface area contributed by atoms with Crippen LogP contribution in [0.4, 0.5) is 0 Å². The molecule has 4 nitrogen and oxygen atoms in total. The second kappa shape index (κ2) is 7.07. The highest BCUT2D eigenvalue weighted by Gasteiger charge is 2.21. The molecule has 0 saturated heterocycles. The predicted octanol–water partition coefficient (Wildman–Crippen LogP) is 2.94. The fraction of sp³-hybridized carbons (Fsp3) is 0.625. The number of hydrogen-bond acceptors (Lipinski definition) is 4. The second-order valence-electron chi connectivity index (χ2n) is 5.86. The lowest BCUT2D eigenvalue weighted by Crippen LogP contribution is -2.35. The zero-order valence-electron chi connectivity index (χ0n) is 12.9. The standard InChI is InChI=1S/C16H23NO3S/c1-4-11(3)17-15(18)9-20-16(19)14-8-12-7-10(2)5-6-13(12)21-14/h8,10-11H,4-7,9H2,1-3H3,(H,17,18)/t10-,11-/m1/s1. The van der Waals surface area contributed by atoms with Gasteiger partial charge in [0.15, 0.2) is 6.61 Å². The maximum absolute atomic E-state index is 12.0. The molecule has 0 bridgehead atoms. The molecule has 1 aromatic heterocycles. The van der Waals surface area contributed by atoms with Gasteiger partial charge in [-0.25, -0.2) is 4.79 Å². The first-order valence-corrected chi connectivity index (χ1v) is 8.39. The molecule has 0 radical (unpaired) electrons. The van der Waals surface area contributed by atoms with Crippen LogP contribution in [0.5, 0.6) is 0 Å². The Morgan fingerprint density at radius 1 is 1.52 bits per heavy atom. The third-order valence-corrected chi connectivity index (χ3v) is 5.10. The lowest BCUT2D eigenvalue weighted by atomic mass is 9.90. The van der Waals surface area contributed by atoms with Crippen LogP contribution in [0.15, 0.2) is 6.07 Å². The number of fused-ring (bicyclic) bond motifs is 1. The van der Waals surface area contributed by atoms with Gasteiger partial charge in [0.1, 0.15) is 4.88 Å². The molecule has 116 valence electrons. The summed E-state index contributed by atoms with van der Waals surface area (Å²) in [5.41, 5.74) is 1.27. The average Bonchev–Trinajstić information content (AvgIpc) is 2.87. The average molecular weight is 309 g/mol. The fourth-order valence-corrected chi connectivity index (χ4v) is 3.53. The Bertz CT molecular complexity index is 524. The van der Waals surface area contributed by atoms with E-state index >= 15 is 0 Å². The number of thiophene rings is 1. The Hall–Kier alpha value is -1.36. The molecule has 21 heavy (non-hydrogen) atoms. The van der Waals surface area contributed by atoms with Crippen molar-refractivity contribution in [1.82, 2.24) is 5.32 Å². The van der Waals surface area contributed by atoms with E-state index in [0.717, 1.165) is 19.3 Å². The Morgan fingerprint density at radius 2 is 2.29 bits per heavy atom. The van der Waals surface area contributed by atoms with Crippen molar-refractivity contribution in [2.45, 2.75) is 52.5 Å². The lowest BCUT2D eigenvalue weighted by molar-refractivity contribution is -0.124. The van der Waals surface area contributed by atoms with Crippen LogP contribution in [0, 0.1) is 5.92 Å². The van der Waals surface area contributed by atoms with E-state index in [1.807, 2.05) is 19.9 Å². The Kier molecular flexibility index (Phi) is 5.39. The summed E-state index contributed by atoms with van der Waals surface area (Å²) >= 11 is 1.51. The highest BCUT2D eigenvalue weighted by Crippen LogP contribution is 2.32. The van der Waals surface area contributed by atoms with Crippen molar-refractivity contribution in [3.05, 3.63) is 21.4 Å². The molecule has 1 aromatic rings. The maximum Gasteiger partial charge on any atom is 0.348 e. The molecule has 0 fully saturated rings. The van der Waals surface area contributed by atoms with Crippen LogP contribution >= 0.6 is 11.3 Å². The summed E-state index contributed by atoms with van der Waals surface area (Å²) in [6.07, 6.45) is 4.12. The summed E-state index contributed by atoms with van der Waals surface area (Å²) in [6, 6.07) is 2.04. The number of carbonyl (C=O) groups excluding carboxylic acids is 2. The normalized spacial score (nSPS) is 18.7. The smallest absolute Gasteiger partial charge is 0.348 e. The molecule has 0 aromatic carbocycles. The number of aryl methyl sites for hydroxylation is 1. The van der Waals surface area contributed by atoms with E-state index in [0.29, 0.717) is 10.8 Å². The molecular weight excluding hydrogens is 286 g/mol. The highest BCUT2D eigenvalue weighted by atomic mass is 32.1. The van der Waals surface area contributed by atoms with Gasteiger partial charge in [0, 0.05) is 10.9 Å². The van der Waals surface area contributed by atoms with Gasteiger partial charge >= 0.3 is 5.97 Å². The van der Waals surface area contributed by atoms with Crippen LogP contribution in [-0.2, 0) is 22.4 Å². The van der Waals surface area contributed by atoms with Gasteiger partial charge in [-0.2, -0.15) is 0 Å². The minimum absolute atomic E-state index is 0.103. The van der Waals surface area contributed by atoms with Gasteiger partial charge in [-0.1, -0.05) is 13.8 Å². The van der Waals surface area contributed by atoms with Gasteiger partial charge in [0.25, 0.3) is 5.91 Å². The van der Waals surface area contributed by atoms with E-state index in [1.165, 1.54) is 28.2 Å². The van der Waals surface area contributed by atoms with E-state index in [4.69, 9.17) is 4.74 Å². The van der Waals surface area contributed by atoms with Gasteiger partial charge in [-0.3, -0.25) is 4.79 Å². The number of ether oxygens (including phenoxy) is 1. The predicted molar refractivity (Wildman–Crippen MR) is 83.7 cm³/mol. The van der Waals surface area contributed by atoms with E-state index < -0.39 is 0 Å². The van der Waals surface area contributed by atoms with Crippen molar-refractivity contribution >= 4 is 23.2 Å². The van der Waals surface area contributed by atoms with Gasteiger partial charge in [-0.15, -0.1) is 11.3 Å². The van der Waals surface area contributed by atoms with E-state index in [9.17, 15) is 9.59 Å². The van der Waals surface area contributed by atoms with Crippen LogP contribution in [0.1, 0.15) is 53.7 Å². The molecule has 2 atom stereocenters. The molecule has 5 heteroatoms. The lowest BCUT2D eigenvalue weighted by Gasteiger charge is -2.16. The van der Waals surface area contributed by atoms with Crippen LogP contribution in [0.3, 0.4) is 0 Å². The van der Waals surface area contributed by atoms with E-state index in [1.54, 1.807) is 0 Å². The van der Waals surface area contributed by atoms with Crippen molar-refractivity contribution in [3.63, 3.8) is 0 Å². The molecule has 0 aliphatic heterocycles. The minimum atomic E-state index is -0.388. The zero-order chi connectivity index (χ0) is 15.4. The molecule has 0 saturated carbocycles. The quantitative estimate of drug-likeness (QED) is 0.851. The molecule has 1 aliphatic rings. The molecule has 1 amide bonds. The largest absolute Gasteiger partial charge is 0.451 e. The number of nitrogens with one attached hydrogen (secondary N) is 1. The van der Waals surface area contributed by atoms with Crippen molar-refractivity contribution in [2.75, 3.05) is 6.61 Å². The fourth-order valence-electron chi connectivity index (χ4n) is 2.43. The molecule has 2 rings (SSSR count). The summed E-state index contributed by atoms with van der Waals surface area (Å²) < 4.78 is 5.10. The minimum Gasteiger partial charge on any atom is -0.451 e. The number of carbonyl (C=O) groups is 2. The van der Waals surface area contributed by atoms with Crippen LogP contribution in [0.2, 0.25) is 0 Å². The first-order chi connectivity index (χ1) is 9.99. The molecular formula is C16H23NO3S. The van der Waals surface area contributed by atoms with Crippen LogP contribution in [-0.4, -0.2) is 24.5 Å². The van der Waals surface area contributed by atoms with Crippen LogP contribution in [0.25, 0.3) is 0 Å². The first-order valence-electron chi connectivity index (χ1n) is 7.57. The number of hydrogen-bond donors (Lipinski definition) is 1. The van der Waals surface area contributed by atoms with Crippen molar-refractivity contribution < 1.29 is 14.3 Å². The molecule has 1 N–H and O–H groups in total. The Labute approximate surface area is 129 Å². The van der Waals surface area contributed by atoms with Crippen molar-refractivity contribution in [3.8, 4) is 0 Å².